The van der Waals surface area contributed by atoms with Crippen molar-refractivity contribution in [2.24, 2.45) is 0 Å². The van der Waals surface area contributed by atoms with E-state index < -0.39 is 0 Å². The standard InChI is InChI=1S/C9H16N2O/c1-2-9(10-8-12)11-6-4-3-5-7-11/h2,8-9H,1,3-7H2,(H,10,12). The maximum Gasteiger partial charge on any atom is 0.208 e. The quantitative estimate of drug-likeness (QED) is 0.496. The van der Waals surface area contributed by atoms with E-state index in [1.165, 1.54) is 19.3 Å². The van der Waals surface area contributed by atoms with Gasteiger partial charge in [0.2, 0.25) is 6.41 Å². The highest BCUT2D eigenvalue weighted by Crippen LogP contribution is 2.10. The van der Waals surface area contributed by atoms with Crippen LogP contribution in [0, 0.1) is 0 Å². The van der Waals surface area contributed by atoms with Crippen molar-refractivity contribution >= 4 is 6.41 Å². The van der Waals surface area contributed by atoms with E-state index in [-0.39, 0.29) is 6.17 Å². The monoisotopic (exact) mass is 168 g/mol. The molecular weight excluding hydrogens is 152 g/mol. The van der Waals surface area contributed by atoms with Crippen LogP contribution in [-0.2, 0) is 4.79 Å². The Labute approximate surface area is 73.4 Å². The van der Waals surface area contributed by atoms with Crippen LogP contribution in [0.3, 0.4) is 0 Å². The lowest BCUT2D eigenvalue weighted by Gasteiger charge is -2.31. The third kappa shape index (κ3) is 2.34. The van der Waals surface area contributed by atoms with Crippen molar-refractivity contribution in [3.63, 3.8) is 0 Å². The van der Waals surface area contributed by atoms with Gasteiger partial charge in [-0.25, -0.2) is 0 Å². The van der Waals surface area contributed by atoms with Gasteiger partial charge in [-0.15, -0.1) is 0 Å². The maximum absolute atomic E-state index is 10.2. The molecule has 1 aliphatic rings. The molecule has 1 unspecified atom stereocenters. The van der Waals surface area contributed by atoms with E-state index in [1.54, 1.807) is 6.08 Å². The van der Waals surface area contributed by atoms with Crippen LogP contribution >= 0.6 is 0 Å². The minimum Gasteiger partial charge on any atom is -0.340 e. The lowest BCUT2D eigenvalue weighted by Crippen LogP contribution is -2.46. The first kappa shape index (κ1) is 9.26. The molecule has 68 valence electrons. The van der Waals surface area contributed by atoms with E-state index in [1.807, 2.05) is 0 Å². The van der Waals surface area contributed by atoms with Gasteiger partial charge < -0.3 is 5.32 Å². The zero-order valence-electron chi connectivity index (χ0n) is 7.33. The van der Waals surface area contributed by atoms with Gasteiger partial charge in [-0.2, -0.15) is 0 Å². The molecule has 0 aromatic rings. The van der Waals surface area contributed by atoms with Crippen LogP contribution < -0.4 is 5.32 Å². The Hall–Kier alpha value is -0.830. The van der Waals surface area contributed by atoms with Gasteiger partial charge in [-0.05, 0) is 12.8 Å². The fraction of sp³-hybridized carbons (Fsp3) is 0.667. The summed E-state index contributed by atoms with van der Waals surface area (Å²) < 4.78 is 0. The predicted molar refractivity (Wildman–Crippen MR) is 48.6 cm³/mol. The molecule has 1 amide bonds. The highest BCUT2D eigenvalue weighted by Gasteiger charge is 2.16. The van der Waals surface area contributed by atoms with E-state index in [2.05, 4.69) is 16.8 Å². The average molecular weight is 168 g/mol. The molecule has 3 nitrogen and oxygen atoms in total. The van der Waals surface area contributed by atoms with Gasteiger partial charge in [-0.1, -0.05) is 19.1 Å². The van der Waals surface area contributed by atoms with Crippen LogP contribution in [0.1, 0.15) is 19.3 Å². The highest BCUT2D eigenvalue weighted by atomic mass is 16.1. The number of hydrogen-bond donors (Lipinski definition) is 1. The average Bonchev–Trinajstić information content (AvgIpc) is 2.15. The molecule has 1 fully saturated rings. The number of piperidine rings is 1. The van der Waals surface area contributed by atoms with E-state index in [0.717, 1.165) is 19.5 Å². The molecular formula is C9H16N2O. The zero-order chi connectivity index (χ0) is 8.81. The molecule has 1 aliphatic heterocycles. The van der Waals surface area contributed by atoms with Crippen molar-refractivity contribution in [1.29, 1.82) is 0 Å². The number of amides is 1. The Morgan fingerprint density at radius 3 is 2.50 bits per heavy atom. The van der Waals surface area contributed by atoms with Crippen molar-refractivity contribution in [3.05, 3.63) is 12.7 Å². The fourth-order valence-electron chi connectivity index (χ4n) is 1.59. The van der Waals surface area contributed by atoms with E-state index in [9.17, 15) is 4.79 Å². The molecule has 3 heteroatoms. The first-order valence-corrected chi connectivity index (χ1v) is 4.45. The minimum atomic E-state index is 0.0304. The van der Waals surface area contributed by atoms with Gasteiger partial charge in [0.25, 0.3) is 0 Å². The molecule has 0 bridgehead atoms. The molecule has 1 heterocycles. The summed E-state index contributed by atoms with van der Waals surface area (Å²) in [6, 6.07) is 0. The smallest absolute Gasteiger partial charge is 0.208 e. The largest absolute Gasteiger partial charge is 0.340 e. The molecule has 1 N–H and O–H groups in total. The van der Waals surface area contributed by atoms with Crippen LogP contribution in [-0.4, -0.2) is 30.6 Å². The summed E-state index contributed by atoms with van der Waals surface area (Å²) in [5.41, 5.74) is 0. The van der Waals surface area contributed by atoms with Crippen LogP contribution in [0.25, 0.3) is 0 Å². The number of carbonyl (C=O) groups is 1. The Balaban J connectivity index is 2.39. The topological polar surface area (TPSA) is 32.3 Å². The Kier molecular flexibility index (Phi) is 3.80. The van der Waals surface area contributed by atoms with Gasteiger partial charge in [0.05, 0.1) is 0 Å². The summed E-state index contributed by atoms with van der Waals surface area (Å²) in [4.78, 5) is 12.5. The lowest BCUT2D eigenvalue weighted by molar-refractivity contribution is -0.110. The summed E-state index contributed by atoms with van der Waals surface area (Å²) >= 11 is 0. The first-order chi connectivity index (χ1) is 5.88. The summed E-state index contributed by atoms with van der Waals surface area (Å²) in [5, 5.41) is 2.73. The van der Waals surface area contributed by atoms with Crippen LogP contribution in [0.4, 0.5) is 0 Å². The van der Waals surface area contributed by atoms with Gasteiger partial charge in [0, 0.05) is 13.1 Å². The number of rotatable bonds is 4. The van der Waals surface area contributed by atoms with Gasteiger partial charge >= 0.3 is 0 Å². The van der Waals surface area contributed by atoms with E-state index in [4.69, 9.17) is 0 Å². The van der Waals surface area contributed by atoms with Gasteiger partial charge in [0.1, 0.15) is 6.17 Å². The molecule has 0 saturated carbocycles. The second-order valence-corrected chi connectivity index (χ2v) is 3.06. The van der Waals surface area contributed by atoms with E-state index in [0.29, 0.717) is 0 Å². The van der Waals surface area contributed by atoms with Crippen molar-refractivity contribution in [3.8, 4) is 0 Å². The minimum absolute atomic E-state index is 0.0304. The highest BCUT2D eigenvalue weighted by molar-refractivity contribution is 5.47. The number of nitrogens with one attached hydrogen (secondary N) is 1. The van der Waals surface area contributed by atoms with Gasteiger partial charge in [-0.3, -0.25) is 9.69 Å². The van der Waals surface area contributed by atoms with Crippen LogP contribution in [0.5, 0.6) is 0 Å². The fourth-order valence-corrected chi connectivity index (χ4v) is 1.59. The van der Waals surface area contributed by atoms with Crippen molar-refractivity contribution in [2.45, 2.75) is 25.4 Å². The summed E-state index contributed by atoms with van der Waals surface area (Å²) in [7, 11) is 0. The SMILES string of the molecule is C=CC(NC=O)N1CCCCC1. The van der Waals surface area contributed by atoms with Crippen LogP contribution in [0.2, 0.25) is 0 Å². The van der Waals surface area contributed by atoms with Crippen molar-refractivity contribution < 1.29 is 4.79 Å². The molecule has 0 aliphatic carbocycles. The molecule has 1 saturated heterocycles. The van der Waals surface area contributed by atoms with Crippen LogP contribution in [0.15, 0.2) is 12.7 Å². The molecule has 1 atom stereocenters. The zero-order valence-corrected chi connectivity index (χ0v) is 7.33. The first-order valence-electron chi connectivity index (χ1n) is 4.45. The second kappa shape index (κ2) is 4.93. The number of carbonyl (C=O) groups excluding carboxylic acids is 1. The van der Waals surface area contributed by atoms with Crippen molar-refractivity contribution in [2.75, 3.05) is 13.1 Å². The van der Waals surface area contributed by atoms with Crippen molar-refractivity contribution in [1.82, 2.24) is 10.2 Å². The molecule has 0 radical (unpaired) electrons. The Morgan fingerprint density at radius 2 is 2.00 bits per heavy atom. The lowest BCUT2D eigenvalue weighted by atomic mass is 10.1. The summed E-state index contributed by atoms with van der Waals surface area (Å²) in [6.45, 7) is 5.83. The third-order valence-corrected chi connectivity index (χ3v) is 2.25. The Bertz CT molecular complexity index is 153. The number of hydrogen-bond acceptors (Lipinski definition) is 2. The number of nitrogens with zero attached hydrogens (tertiary/aromatic N) is 1. The normalized spacial score (nSPS) is 21.3. The molecule has 12 heavy (non-hydrogen) atoms. The third-order valence-electron chi connectivity index (χ3n) is 2.25. The predicted octanol–water partition coefficient (Wildman–Crippen LogP) is 0.730. The molecule has 0 aromatic heterocycles. The maximum atomic E-state index is 10.2. The molecule has 0 spiro atoms. The summed E-state index contributed by atoms with van der Waals surface area (Å²) in [6.07, 6.45) is 6.31. The second-order valence-electron chi connectivity index (χ2n) is 3.06. The molecule has 1 rings (SSSR count). The Morgan fingerprint density at radius 1 is 1.33 bits per heavy atom. The van der Waals surface area contributed by atoms with Gasteiger partial charge in [0.15, 0.2) is 0 Å². The molecule has 0 aromatic carbocycles. The summed E-state index contributed by atoms with van der Waals surface area (Å²) in [5.74, 6) is 0. The van der Waals surface area contributed by atoms with E-state index >= 15 is 0 Å². The number of likely N-dealkylation sites (tertiary alicyclic amines) is 1.